The van der Waals surface area contributed by atoms with Gasteiger partial charge >= 0.3 is 6.09 Å². The summed E-state index contributed by atoms with van der Waals surface area (Å²) in [6, 6.07) is 0.0400. The number of hydrogen-bond acceptors (Lipinski definition) is 4. The van der Waals surface area contributed by atoms with Gasteiger partial charge in [0.2, 0.25) is 11.8 Å². The number of carbonyl (C=O) groups is 3. The van der Waals surface area contributed by atoms with Crippen LogP contribution < -0.4 is 10.6 Å². The number of carbonyl (C=O) groups excluding carboxylic acids is 3. The minimum Gasteiger partial charge on any atom is -0.450 e. The third kappa shape index (κ3) is 6.46. The van der Waals surface area contributed by atoms with Crippen molar-refractivity contribution < 1.29 is 19.1 Å². The molecular weight excluding hydrogens is 298 g/mol. The predicted molar refractivity (Wildman–Crippen MR) is 86.8 cm³/mol. The molecule has 0 bridgehead atoms. The molecule has 7 heteroatoms. The molecular formula is C16H29N3O4. The highest BCUT2D eigenvalue weighted by atomic mass is 16.6. The fraction of sp³-hybridized carbons (Fsp3) is 0.812. The van der Waals surface area contributed by atoms with E-state index in [4.69, 9.17) is 4.74 Å². The maximum absolute atomic E-state index is 11.9. The summed E-state index contributed by atoms with van der Waals surface area (Å²) < 4.78 is 4.96. The highest BCUT2D eigenvalue weighted by molar-refractivity contribution is 5.85. The van der Waals surface area contributed by atoms with Crippen LogP contribution in [0.2, 0.25) is 0 Å². The molecule has 1 fully saturated rings. The van der Waals surface area contributed by atoms with Crippen molar-refractivity contribution in [2.24, 2.45) is 5.92 Å². The van der Waals surface area contributed by atoms with E-state index in [-0.39, 0.29) is 36.4 Å². The number of ether oxygens (including phenoxy) is 1. The Kier molecular flexibility index (Phi) is 8.43. The third-order valence-corrected chi connectivity index (χ3v) is 4.17. The number of piperidine rings is 1. The van der Waals surface area contributed by atoms with Crippen LogP contribution in [0.4, 0.5) is 4.79 Å². The van der Waals surface area contributed by atoms with Crippen LogP contribution in [0.25, 0.3) is 0 Å². The lowest BCUT2D eigenvalue weighted by atomic mass is 10.0. The Hall–Kier alpha value is -1.79. The topological polar surface area (TPSA) is 87.7 Å². The van der Waals surface area contributed by atoms with E-state index in [9.17, 15) is 14.4 Å². The summed E-state index contributed by atoms with van der Waals surface area (Å²) in [7, 11) is 0. The van der Waals surface area contributed by atoms with Crippen LogP contribution in [-0.4, -0.2) is 55.1 Å². The first kappa shape index (κ1) is 19.3. The van der Waals surface area contributed by atoms with Gasteiger partial charge in [-0.25, -0.2) is 4.79 Å². The van der Waals surface area contributed by atoms with Crippen LogP contribution in [0.5, 0.6) is 0 Å². The lowest BCUT2D eigenvalue weighted by molar-refractivity contribution is -0.129. The Balaban J connectivity index is 2.26. The van der Waals surface area contributed by atoms with Gasteiger partial charge in [-0.15, -0.1) is 0 Å². The van der Waals surface area contributed by atoms with Crippen molar-refractivity contribution in [1.82, 2.24) is 15.5 Å². The van der Waals surface area contributed by atoms with E-state index in [0.717, 1.165) is 12.8 Å². The Bertz CT molecular complexity index is 402. The van der Waals surface area contributed by atoms with Gasteiger partial charge in [0.1, 0.15) is 0 Å². The summed E-state index contributed by atoms with van der Waals surface area (Å²) in [5.41, 5.74) is 0. The zero-order valence-electron chi connectivity index (χ0n) is 14.4. The first-order chi connectivity index (χ1) is 11.0. The van der Waals surface area contributed by atoms with E-state index in [0.29, 0.717) is 32.5 Å². The normalized spacial score (nSPS) is 15.4. The number of likely N-dealkylation sites (tertiary alicyclic amines) is 1. The molecule has 0 aromatic carbocycles. The van der Waals surface area contributed by atoms with Crippen molar-refractivity contribution in [3.63, 3.8) is 0 Å². The van der Waals surface area contributed by atoms with E-state index in [1.807, 2.05) is 13.8 Å². The molecule has 1 saturated heterocycles. The smallest absolute Gasteiger partial charge is 0.409 e. The van der Waals surface area contributed by atoms with Crippen LogP contribution in [0.15, 0.2) is 0 Å². The second-order valence-corrected chi connectivity index (χ2v) is 5.76. The SMILES string of the molecule is CCOC(=O)N1CCC(NC(=O)CNC(=O)C(CC)CC)CC1. The molecule has 0 aromatic heterocycles. The first-order valence-corrected chi connectivity index (χ1v) is 8.50. The van der Waals surface area contributed by atoms with Crippen molar-refractivity contribution in [2.45, 2.75) is 52.5 Å². The second kappa shape index (κ2) is 10.1. The standard InChI is InChI=1S/C16H29N3O4/c1-4-12(5-2)15(21)17-11-14(20)18-13-7-9-19(10-8-13)16(22)23-6-3/h12-13H,4-11H2,1-3H3,(H,17,21)(H,18,20). The zero-order chi connectivity index (χ0) is 17.2. The maximum atomic E-state index is 11.9. The molecule has 0 unspecified atom stereocenters. The molecule has 1 heterocycles. The minimum absolute atomic E-state index is 0.00737. The monoisotopic (exact) mass is 327 g/mol. The van der Waals surface area contributed by atoms with Crippen molar-refractivity contribution in [1.29, 1.82) is 0 Å². The van der Waals surface area contributed by atoms with Gasteiger partial charge in [-0.3, -0.25) is 9.59 Å². The fourth-order valence-corrected chi connectivity index (χ4v) is 2.67. The van der Waals surface area contributed by atoms with Gasteiger partial charge in [0.15, 0.2) is 0 Å². The molecule has 3 amide bonds. The lowest BCUT2D eigenvalue weighted by Gasteiger charge is -2.31. The van der Waals surface area contributed by atoms with Crippen LogP contribution in [0, 0.1) is 5.92 Å². The summed E-state index contributed by atoms with van der Waals surface area (Å²) in [6.07, 6.45) is 2.65. The minimum atomic E-state index is -0.297. The van der Waals surface area contributed by atoms with Crippen LogP contribution >= 0.6 is 0 Å². The van der Waals surface area contributed by atoms with Crippen molar-refractivity contribution in [3.05, 3.63) is 0 Å². The Morgan fingerprint density at radius 1 is 1.13 bits per heavy atom. The maximum Gasteiger partial charge on any atom is 0.409 e. The van der Waals surface area contributed by atoms with Gasteiger partial charge in [0.25, 0.3) is 0 Å². The quantitative estimate of drug-likeness (QED) is 0.737. The van der Waals surface area contributed by atoms with Gasteiger partial charge in [-0.1, -0.05) is 13.8 Å². The first-order valence-electron chi connectivity index (χ1n) is 8.50. The average molecular weight is 327 g/mol. The number of nitrogens with zero attached hydrogens (tertiary/aromatic N) is 1. The van der Waals surface area contributed by atoms with E-state index >= 15 is 0 Å². The lowest BCUT2D eigenvalue weighted by Crippen LogP contribution is -2.49. The molecule has 0 radical (unpaired) electrons. The Morgan fingerprint density at radius 2 is 1.74 bits per heavy atom. The predicted octanol–water partition coefficient (Wildman–Crippen LogP) is 1.28. The second-order valence-electron chi connectivity index (χ2n) is 5.76. The number of amides is 3. The largest absolute Gasteiger partial charge is 0.450 e. The number of hydrogen-bond donors (Lipinski definition) is 2. The van der Waals surface area contributed by atoms with Crippen LogP contribution in [0.3, 0.4) is 0 Å². The number of nitrogens with one attached hydrogen (secondary N) is 2. The van der Waals surface area contributed by atoms with Crippen molar-refractivity contribution >= 4 is 17.9 Å². The fourth-order valence-electron chi connectivity index (χ4n) is 2.67. The van der Waals surface area contributed by atoms with Crippen LogP contribution in [-0.2, 0) is 14.3 Å². The summed E-state index contributed by atoms with van der Waals surface area (Å²) in [4.78, 5) is 37.0. The molecule has 0 spiro atoms. The van der Waals surface area contributed by atoms with Crippen LogP contribution in [0.1, 0.15) is 46.5 Å². The molecule has 0 aliphatic carbocycles. The van der Waals surface area contributed by atoms with Gasteiger partial charge < -0.3 is 20.3 Å². The van der Waals surface area contributed by atoms with E-state index < -0.39 is 0 Å². The van der Waals surface area contributed by atoms with E-state index in [2.05, 4.69) is 10.6 Å². The molecule has 0 saturated carbocycles. The van der Waals surface area contributed by atoms with Gasteiger partial charge in [0.05, 0.1) is 13.2 Å². The molecule has 7 nitrogen and oxygen atoms in total. The third-order valence-electron chi connectivity index (χ3n) is 4.17. The molecule has 132 valence electrons. The summed E-state index contributed by atoms with van der Waals surface area (Å²) in [6.45, 7) is 7.23. The molecule has 1 rings (SSSR count). The summed E-state index contributed by atoms with van der Waals surface area (Å²) in [5, 5.41) is 5.59. The van der Waals surface area contributed by atoms with Gasteiger partial charge in [-0.2, -0.15) is 0 Å². The molecule has 0 atom stereocenters. The molecule has 1 aliphatic heterocycles. The molecule has 23 heavy (non-hydrogen) atoms. The number of rotatable bonds is 7. The van der Waals surface area contributed by atoms with Crippen molar-refractivity contribution in [3.8, 4) is 0 Å². The Morgan fingerprint density at radius 3 is 2.26 bits per heavy atom. The highest BCUT2D eigenvalue weighted by Gasteiger charge is 2.24. The van der Waals surface area contributed by atoms with E-state index in [1.54, 1.807) is 11.8 Å². The average Bonchev–Trinajstić information content (AvgIpc) is 2.55. The highest BCUT2D eigenvalue weighted by Crippen LogP contribution is 2.11. The Labute approximate surface area is 138 Å². The van der Waals surface area contributed by atoms with Crippen molar-refractivity contribution in [2.75, 3.05) is 26.2 Å². The summed E-state index contributed by atoms with van der Waals surface area (Å²) >= 11 is 0. The van der Waals surface area contributed by atoms with Gasteiger partial charge in [0, 0.05) is 25.0 Å². The molecule has 2 N–H and O–H groups in total. The molecule has 0 aromatic rings. The van der Waals surface area contributed by atoms with E-state index in [1.165, 1.54) is 0 Å². The zero-order valence-corrected chi connectivity index (χ0v) is 14.4. The summed E-state index contributed by atoms with van der Waals surface area (Å²) in [5.74, 6) is -0.281. The van der Waals surface area contributed by atoms with Gasteiger partial charge in [-0.05, 0) is 32.6 Å². The molecule has 1 aliphatic rings.